The predicted molar refractivity (Wildman–Crippen MR) is 137 cm³/mol. The molecular formula is C27H16Cl2N4O2. The largest absolute Gasteiger partial charge is 0.497 e. The smallest absolute Gasteiger partial charge is 0.278 e. The Labute approximate surface area is 210 Å². The number of benzene rings is 3. The van der Waals surface area contributed by atoms with E-state index in [0.717, 1.165) is 11.1 Å². The highest BCUT2D eigenvalue weighted by atomic mass is 35.5. The van der Waals surface area contributed by atoms with E-state index in [-0.39, 0.29) is 17.0 Å². The van der Waals surface area contributed by atoms with Crippen molar-refractivity contribution in [3.05, 3.63) is 105 Å². The highest BCUT2D eigenvalue weighted by molar-refractivity contribution is 6.30. The number of methoxy groups -OCH3 is 1. The molecule has 0 aliphatic rings. The Hall–Kier alpha value is -4.18. The Kier molecular flexibility index (Phi) is 5.96. The highest BCUT2D eigenvalue weighted by Gasteiger charge is 2.19. The predicted octanol–water partition coefficient (Wildman–Crippen LogP) is 6.28. The van der Waals surface area contributed by atoms with Crippen LogP contribution in [-0.2, 0) is 0 Å². The van der Waals surface area contributed by atoms with E-state index in [1.165, 1.54) is 4.40 Å². The van der Waals surface area contributed by atoms with Crippen molar-refractivity contribution in [3.63, 3.8) is 0 Å². The van der Waals surface area contributed by atoms with Crippen molar-refractivity contribution < 1.29 is 4.74 Å². The molecule has 0 unspecified atom stereocenters. The van der Waals surface area contributed by atoms with Crippen LogP contribution in [0.25, 0.3) is 39.5 Å². The number of nitrogens with zero attached hydrogens (tertiary/aromatic N) is 4. The van der Waals surface area contributed by atoms with Crippen LogP contribution in [-0.4, -0.2) is 21.5 Å². The molecule has 0 bridgehead atoms. The van der Waals surface area contributed by atoms with Gasteiger partial charge in [0.05, 0.1) is 24.2 Å². The van der Waals surface area contributed by atoms with Gasteiger partial charge in [-0.2, -0.15) is 5.26 Å². The van der Waals surface area contributed by atoms with Gasteiger partial charge in [-0.25, -0.2) is 14.4 Å². The summed E-state index contributed by atoms with van der Waals surface area (Å²) < 4.78 is 6.57. The number of hydrogen-bond donors (Lipinski definition) is 0. The van der Waals surface area contributed by atoms with Gasteiger partial charge in [0, 0.05) is 21.2 Å². The zero-order valence-electron chi connectivity index (χ0n) is 18.4. The summed E-state index contributed by atoms with van der Waals surface area (Å²) in [5.41, 5.74) is 2.93. The van der Waals surface area contributed by atoms with Crippen LogP contribution in [0.3, 0.4) is 0 Å². The Balaban J connectivity index is 1.85. The second kappa shape index (κ2) is 9.22. The third-order valence-corrected chi connectivity index (χ3v) is 6.06. The highest BCUT2D eigenvalue weighted by Crippen LogP contribution is 2.29. The number of aromatic nitrogens is 3. The molecule has 2 heterocycles. The standard InChI is InChI=1S/C27H16Cl2N4O2/c1-35-21-12-6-18(7-13-21)25-22(15-30)26(34)33-24(17-4-10-20(29)11-5-17)14-23(31-27(33)32-25)16-2-8-19(28)9-3-16/h2-14H,1H3. The van der Waals surface area contributed by atoms with Crippen molar-refractivity contribution in [2.45, 2.75) is 0 Å². The summed E-state index contributed by atoms with van der Waals surface area (Å²) in [6, 6.07) is 25.1. The van der Waals surface area contributed by atoms with Gasteiger partial charge in [-0.3, -0.25) is 4.79 Å². The van der Waals surface area contributed by atoms with Crippen LogP contribution in [0.1, 0.15) is 5.56 Å². The average Bonchev–Trinajstić information content (AvgIpc) is 2.89. The summed E-state index contributed by atoms with van der Waals surface area (Å²) in [5, 5.41) is 11.1. The maximum absolute atomic E-state index is 13.6. The van der Waals surface area contributed by atoms with Gasteiger partial charge in [0.1, 0.15) is 17.4 Å². The molecule has 5 aromatic rings. The second-order valence-electron chi connectivity index (χ2n) is 7.66. The van der Waals surface area contributed by atoms with Crippen molar-refractivity contribution in [1.29, 1.82) is 5.26 Å². The Morgan fingerprint density at radius 2 is 1.40 bits per heavy atom. The number of nitriles is 1. The van der Waals surface area contributed by atoms with Crippen molar-refractivity contribution in [1.82, 2.24) is 14.4 Å². The van der Waals surface area contributed by atoms with Crippen LogP contribution in [0.5, 0.6) is 5.75 Å². The molecule has 35 heavy (non-hydrogen) atoms. The first-order chi connectivity index (χ1) is 17.0. The zero-order valence-corrected chi connectivity index (χ0v) is 19.9. The lowest BCUT2D eigenvalue weighted by Gasteiger charge is -2.13. The van der Waals surface area contributed by atoms with Crippen molar-refractivity contribution in [2.75, 3.05) is 7.11 Å². The van der Waals surface area contributed by atoms with Crippen LogP contribution in [0, 0.1) is 11.3 Å². The van der Waals surface area contributed by atoms with Crippen LogP contribution in [0.15, 0.2) is 83.7 Å². The van der Waals surface area contributed by atoms with E-state index in [1.807, 2.05) is 18.2 Å². The molecule has 0 saturated carbocycles. The molecule has 170 valence electrons. The number of halogens is 2. The molecule has 0 aliphatic heterocycles. The molecule has 2 aromatic heterocycles. The molecule has 0 atom stereocenters. The van der Waals surface area contributed by atoms with Gasteiger partial charge in [-0.05, 0) is 60.2 Å². The van der Waals surface area contributed by atoms with E-state index in [2.05, 4.69) is 9.97 Å². The van der Waals surface area contributed by atoms with E-state index in [1.54, 1.807) is 73.8 Å². The molecule has 5 rings (SSSR count). The van der Waals surface area contributed by atoms with Gasteiger partial charge in [0.25, 0.3) is 5.56 Å². The summed E-state index contributed by atoms with van der Waals surface area (Å²) in [5.74, 6) is 0.815. The monoisotopic (exact) mass is 498 g/mol. The van der Waals surface area contributed by atoms with Crippen LogP contribution >= 0.6 is 23.2 Å². The topological polar surface area (TPSA) is 80.3 Å². The lowest BCUT2D eigenvalue weighted by atomic mass is 10.1. The molecule has 0 saturated heterocycles. The Morgan fingerprint density at radius 3 is 1.97 bits per heavy atom. The SMILES string of the molecule is COc1ccc(-c2nc3nc(-c4ccc(Cl)cc4)cc(-c4ccc(Cl)cc4)n3c(=O)c2C#N)cc1. The molecule has 8 heteroatoms. The molecule has 3 aromatic carbocycles. The summed E-state index contributed by atoms with van der Waals surface area (Å²) in [6.45, 7) is 0. The lowest BCUT2D eigenvalue weighted by molar-refractivity contribution is 0.415. The minimum Gasteiger partial charge on any atom is -0.497 e. The number of hydrogen-bond acceptors (Lipinski definition) is 5. The summed E-state index contributed by atoms with van der Waals surface area (Å²) in [4.78, 5) is 23.0. The van der Waals surface area contributed by atoms with Gasteiger partial charge in [0.2, 0.25) is 5.78 Å². The molecule has 0 N–H and O–H groups in total. The zero-order chi connectivity index (χ0) is 24.5. The van der Waals surface area contributed by atoms with Crippen LogP contribution < -0.4 is 10.3 Å². The first-order valence-electron chi connectivity index (χ1n) is 10.5. The number of ether oxygens (including phenoxy) is 1. The van der Waals surface area contributed by atoms with E-state index >= 15 is 0 Å². The van der Waals surface area contributed by atoms with E-state index in [0.29, 0.717) is 32.7 Å². The summed E-state index contributed by atoms with van der Waals surface area (Å²) >= 11 is 12.2. The van der Waals surface area contributed by atoms with E-state index in [9.17, 15) is 10.1 Å². The minimum atomic E-state index is -0.511. The number of fused-ring (bicyclic) bond motifs is 1. The molecule has 0 amide bonds. The summed E-state index contributed by atoms with van der Waals surface area (Å²) in [6.07, 6.45) is 0. The molecule has 0 aliphatic carbocycles. The van der Waals surface area contributed by atoms with Gasteiger partial charge < -0.3 is 4.74 Å². The first kappa shape index (κ1) is 22.6. The Bertz CT molecular complexity index is 1650. The van der Waals surface area contributed by atoms with E-state index < -0.39 is 5.56 Å². The normalized spacial score (nSPS) is 10.8. The third-order valence-electron chi connectivity index (χ3n) is 5.56. The van der Waals surface area contributed by atoms with Crippen molar-refractivity contribution in [2.24, 2.45) is 0 Å². The second-order valence-corrected chi connectivity index (χ2v) is 8.53. The average molecular weight is 499 g/mol. The van der Waals surface area contributed by atoms with Gasteiger partial charge in [-0.15, -0.1) is 0 Å². The summed E-state index contributed by atoms with van der Waals surface area (Å²) in [7, 11) is 1.57. The van der Waals surface area contributed by atoms with Crippen LogP contribution in [0.4, 0.5) is 0 Å². The third kappa shape index (κ3) is 4.24. The molecule has 0 spiro atoms. The lowest BCUT2D eigenvalue weighted by Crippen LogP contribution is -2.22. The van der Waals surface area contributed by atoms with Gasteiger partial charge >= 0.3 is 0 Å². The first-order valence-corrected chi connectivity index (χ1v) is 11.3. The maximum Gasteiger partial charge on any atom is 0.278 e. The fraction of sp³-hybridized carbons (Fsp3) is 0.0370. The van der Waals surface area contributed by atoms with E-state index in [4.69, 9.17) is 27.9 Å². The quantitative estimate of drug-likeness (QED) is 0.291. The fourth-order valence-electron chi connectivity index (χ4n) is 3.80. The van der Waals surface area contributed by atoms with Gasteiger partial charge in [0.15, 0.2) is 0 Å². The molecular weight excluding hydrogens is 483 g/mol. The minimum absolute atomic E-state index is 0.0797. The van der Waals surface area contributed by atoms with Gasteiger partial charge in [-0.1, -0.05) is 47.5 Å². The van der Waals surface area contributed by atoms with Crippen molar-refractivity contribution in [3.8, 4) is 45.6 Å². The molecule has 0 fully saturated rings. The fourth-order valence-corrected chi connectivity index (χ4v) is 4.05. The van der Waals surface area contributed by atoms with Crippen molar-refractivity contribution >= 4 is 29.0 Å². The maximum atomic E-state index is 13.6. The Morgan fingerprint density at radius 1 is 0.829 bits per heavy atom. The molecule has 6 nitrogen and oxygen atoms in total. The number of rotatable bonds is 4. The van der Waals surface area contributed by atoms with Crippen LogP contribution in [0.2, 0.25) is 10.0 Å². The molecule has 0 radical (unpaired) electrons.